The maximum atomic E-state index is 13.2. The Hall–Kier alpha value is -3.95. The Labute approximate surface area is 217 Å². The molecule has 0 unspecified atom stereocenters. The Morgan fingerprint density at radius 2 is 1.84 bits per heavy atom. The highest BCUT2D eigenvalue weighted by Gasteiger charge is 2.38. The van der Waals surface area contributed by atoms with Gasteiger partial charge in [-0.05, 0) is 37.0 Å². The molecule has 2 aliphatic heterocycles. The first-order valence-corrected chi connectivity index (χ1v) is 12.8. The standard InChI is InChI=1S/C28H27F3N6O/c1-16(22-14-20(10-11-33-22)28(29,30)31)17-2-4-18(5-3-17)24-25-26(32)34-12-13-36(25)27(35-24)19-6-7-21-8-9-23(38)37(21)15-19/h2-5,10-14,16,19,21H,6-9,15H2,1H3,(H2,32,34)/t16-,19+,21-/m0/s1. The van der Waals surface area contributed by atoms with Crippen LogP contribution in [0, 0.1) is 0 Å². The number of carbonyl (C=O) groups excluding carboxylic acids is 1. The van der Waals surface area contributed by atoms with Crippen molar-refractivity contribution >= 4 is 17.2 Å². The summed E-state index contributed by atoms with van der Waals surface area (Å²) in [7, 11) is 0. The van der Waals surface area contributed by atoms with Crippen LogP contribution in [0.15, 0.2) is 55.0 Å². The molecule has 2 saturated heterocycles. The van der Waals surface area contributed by atoms with E-state index in [2.05, 4.69) is 9.97 Å². The highest BCUT2D eigenvalue weighted by Crippen LogP contribution is 2.38. The molecular weight excluding hydrogens is 493 g/mol. The van der Waals surface area contributed by atoms with Crippen LogP contribution in [0.3, 0.4) is 0 Å². The fourth-order valence-corrected chi connectivity index (χ4v) is 5.82. The average molecular weight is 521 g/mol. The number of amides is 1. The minimum Gasteiger partial charge on any atom is -0.382 e. The summed E-state index contributed by atoms with van der Waals surface area (Å²) in [6.07, 6.45) is 3.71. The quantitative estimate of drug-likeness (QED) is 0.389. The van der Waals surface area contributed by atoms with Crippen molar-refractivity contribution in [2.45, 2.75) is 56.7 Å². The molecule has 2 fully saturated rings. The number of nitrogens with zero attached hydrogens (tertiary/aromatic N) is 5. The number of halogens is 3. The topological polar surface area (TPSA) is 89.4 Å². The van der Waals surface area contributed by atoms with Gasteiger partial charge < -0.3 is 10.6 Å². The summed E-state index contributed by atoms with van der Waals surface area (Å²) in [6, 6.07) is 9.97. The minimum atomic E-state index is -4.42. The monoisotopic (exact) mass is 520 g/mol. The third-order valence-electron chi connectivity index (χ3n) is 7.93. The van der Waals surface area contributed by atoms with E-state index in [0.717, 1.165) is 48.3 Å². The number of alkyl halides is 3. The van der Waals surface area contributed by atoms with E-state index in [1.165, 1.54) is 6.20 Å². The molecule has 1 amide bonds. The van der Waals surface area contributed by atoms with Gasteiger partial charge in [0.15, 0.2) is 0 Å². The summed E-state index contributed by atoms with van der Waals surface area (Å²) in [6.45, 7) is 2.48. The summed E-state index contributed by atoms with van der Waals surface area (Å²) >= 11 is 0. The molecule has 0 aliphatic carbocycles. The Morgan fingerprint density at radius 1 is 1.05 bits per heavy atom. The van der Waals surface area contributed by atoms with E-state index in [4.69, 9.17) is 10.7 Å². The van der Waals surface area contributed by atoms with Gasteiger partial charge in [-0.2, -0.15) is 13.2 Å². The lowest BCUT2D eigenvalue weighted by atomic mass is 9.92. The first-order chi connectivity index (χ1) is 18.2. The second kappa shape index (κ2) is 9.11. The van der Waals surface area contributed by atoms with Gasteiger partial charge in [0.1, 0.15) is 22.9 Å². The largest absolute Gasteiger partial charge is 0.416 e. The van der Waals surface area contributed by atoms with Crippen LogP contribution in [0.2, 0.25) is 0 Å². The number of carbonyl (C=O) groups is 1. The zero-order valence-electron chi connectivity index (χ0n) is 20.8. The zero-order valence-corrected chi connectivity index (χ0v) is 20.8. The van der Waals surface area contributed by atoms with Crippen molar-refractivity contribution < 1.29 is 18.0 Å². The predicted octanol–water partition coefficient (Wildman–Crippen LogP) is 5.41. The van der Waals surface area contributed by atoms with Crippen molar-refractivity contribution in [3.05, 3.63) is 77.6 Å². The second-order valence-electron chi connectivity index (χ2n) is 10.2. The molecule has 0 spiro atoms. The lowest BCUT2D eigenvalue weighted by Gasteiger charge is -2.34. The Balaban J connectivity index is 1.33. The summed E-state index contributed by atoms with van der Waals surface area (Å²) in [5.41, 5.74) is 9.01. The summed E-state index contributed by atoms with van der Waals surface area (Å²) < 4.78 is 41.5. The molecule has 1 aromatic carbocycles. The van der Waals surface area contributed by atoms with Gasteiger partial charge in [0.25, 0.3) is 0 Å². The molecule has 7 nitrogen and oxygen atoms in total. The lowest BCUT2D eigenvalue weighted by molar-refractivity contribution is -0.137. The molecule has 38 heavy (non-hydrogen) atoms. The number of aromatic nitrogens is 4. The summed E-state index contributed by atoms with van der Waals surface area (Å²) in [4.78, 5) is 27.9. The van der Waals surface area contributed by atoms with Gasteiger partial charge in [-0.15, -0.1) is 0 Å². The molecule has 3 atom stereocenters. The number of nitrogen functional groups attached to an aromatic ring is 1. The van der Waals surface area contributed by atoms with Crippen LogP contribution >= 0.6 is 0 Å². The number of rotatable bonds is 4. The number of benzene rings is 1. The minimum absolute atomic E-state index is 0.0858. The maximum Gasteiger partial charge on any atom is 0.416 e. The second-order valence-corrected chi connectivity index (χ2v) is 10.2. The number of hydrogen-bond donors (Lipinski definition) is 1. The van der Waals surface area contributed by atoms with Crippen LogP contribution in [0.5, 0.6) is 0 Å². The SMILES string of the molecule is C[C@@H](c1ccc(-c2nc([C@@H]3CC[C@H]4CCC(=O)N4C3)n3ccnc(N)c23)cc1)c1cc(C(F)(F)F)ccn1. The molecule has 4 aromatic rings. The molecule has 196 valence electrons. The number of pyridine rings is 1. The predicted molar refractivity (Wildman–Crippen MR) is 136 cm³/mol. The molecule has 2 N–H and O–H groups in total. The molecule has 2 aliphatic rings. The summed E-state index contributed by atoms with van der Waals surface area (Å²) in [5, 5.41) is 0. The first kappa shape index (κ1) is 24.4. The highest BCUT2D eigenvalue weighted by atomic mass is 19.4. The van der Waals surface area contributed by atoms with Gasteiger partial charge in [-0.1, -0.05) is 31.2 Å². The molecule has 5 heterocycles. The van der Waals surface area contributed by atoms with Crippen molar-refractivity contribution in [3.63, 3.8) is 0 Å². The van der Waals surface area contributed by atoms with E-state index < -0.39 is 11.7 Å². The van der Waals surface area contributed by atoms with E-state index >= 15 is 0 Å². The number of anilines is 1. The van der Waals surface area contributed by atoms with E-state index in [1.807, 2.05) is 46.7 Å². The van der Waals surface area contributed by atoms with Crippen LogP contribution in [0.4, 0.5) is 19.0 Å². The third-order valence-corrected chi connectivity index (χ3v) is 7.93. The molecule has 0 bridgehead atoms. The smallest absolute Gasteiger partial charge is 0.382 e. The van der Waals surface area contributed by atoms with Crippen molar-refractivity contribution in [3.8, 4) is 11.3 Å². The van der Waals surface area contributed by atoms with Crippen molar-refractivity contribution in [2.24, 2.45) is 0 Å². The van der Waals surface area contributed by atoms with E-state index in [-0.39, 0.29) is 17.7 Å². The third kappa shape index (κ3) is 4.17. The van der Waals surface area contributed by atoms with Gasteiger partial charge in [0.2, 0.25) is 5.91 Å². The van der Waals surface area contributed by atoms with Gasteiger partial charge in [0, 0.05) is 60.7 Å². The van der Waals surface area contributed by atoms with Gasteiger partial charge in [0.05, 0.1) is 5.56 Å². The molecule has 0 radical (unpaired) electrons. The molecular formula is C28H27F3N6O. The van der Waals surface area contributed by atoms with Gasteiger partial charge in [-0.3, -0.25) is 14.2 Å². The normalized spacial score (nSPS) is 20.6. The maximum absolute atomic E-state index is 13.2. The van der Waals surface area contributed by atoms with Gasteiger partial charge >= 0.3 is 6.18 Å². The van der Waals surface area contributed by atoms with Gasteiger partial charge in [-0.25, -0.2) is 9.97 Å². The van der Waals surface area contributed by atoms with E-state index in [9.17, 15) is 18.0 Å². The van der Waals surface area contributed by atoms with Crippen LogP contribution in [0.25, 0.3) is 16.8 Å². The number of nitrogens with two attached hydrogens (primary N) is 1. The van der Waals surface area contributed by atoms with Crippen molar-refractivity contribution in [2.75, 3.05) is 12.3 Å². The number of fused-ring (bicyclic) bond motifs is 2. The number of piperidine rings is 1. The molecule has 3 aromatic heterocycles. The fourth-order valence-electron chi connectivity index (χ4n) is 5.82. The van der Waals surface area contributed by atoms with Crippen LogP contribution in [0.1, 0.15) is 67.1 Å². The van der Waals surface area contributed by atoms with E-state index in [1.54, 1.807) is 6.20 Å². The Kier molecular flexibility index (Phi) is 5.85. The average Bonchev–Trinajstić information content (AvgIpc) is 3.49. The Morgan fingerprint density at radius 3 is 2.61 bits per heavy atom. The highest BCUT2D eigenvalue weighted by molar-refractivity contribution is 5.85. The summed E-state index contributed by atoms with van der Waals surface area (Å²) in [5.74, 6) is 1.18. The Bertz CT molecular complexity index is 1510. The molecule has 6 rings (SSSR count). The van der Waals surface area contributed by atoms with Crippen LogP contribution < -0.4 is 5.73 Å². The lowest BCUT2D eigenvalue weighted by Crippen LogP contribution is -2.41. The van der Waals surface area contributed by atoms with Crippen molar-refractivity contribution in [1.82, 2.24) is 24.3 Å². The van der Waals surface area contributed by atoms with Crippen LogP contribution in [-0.2, 0) is 11.0 Å². The number of imidazole rings is 1. The zero-order chi connectivity index (χ0) is 26.6. The molecule has 0 saturated carbocycles. The van der Waals surface area contributed by atoms with Crippen LogP contribution in [-0.4, -0.2) is 42.7 Å². The van der Waals surface area contributed by atoms with Crippen molar-refractivity contribution in [1.29, 1.82) is 0 Å². The molecule has 10 heteroatoms. The number of hydrogen-bond acceptors (Lipinski definition) is 5. The first-order valence-electron chi connectivity index (χ1n) is 12.8. The van der Waals surface area contributed by atoms with E-state index in [0.29, 0.717) is 41.7 Å². The fraction of sp³-hybridized carbons (Fsp3) is 0.357.